The van der Waals surface area contributed by atoms with Gasteiger partial charge in [0.2, 0.25) is 0 Å². The molecule has 32 heavy (non-hydrogen) atoms. The normalized spacial score (nSPS) is 14.3. The summed E-state index contributed by atoms with van der Waals surface area (Å²) in [5.74, 6) is 1.25. The lowest BCUT2D eigenvalue weighted by Gasteiger charge is -2.32. The van der Waals surface area contributed by atoms with Crippen molar-refractivity contribution >= 4 is 29.0 Å². The Morgan fingerprint density at radius 2 is 1.88 bits per heavy atom. The molecule has 1 saturated heterocycles. The molecule has 1 aromatic heterocycles. The van der Waals surface area contributed by atoms with E-state index in [1.807, 2.05) is 43.3 Å². The van der Waals surface area contributed by atoms with Gasteiger partial charge in [0, 0.05) is 42.5 Å². The standard InChI is InChI=1S/C24H26ClN5O2/c1-17-14-20(6-7-21(17)25)32-16-24(31)26-19-5-3-4-18(15-19)22-8-9-23(28-27-22)30-12-10-29(2)11-13-30/h3-9,14-15H,10-13,16H2,1-2H3,(H,26,31). The zero-order valence-corrected chi connectivity index (χ0v) is 19.0. The molecular weight excluding hydrogens is 426 g/mol. The molecule has 1 fully saturated rings. The van der Waals surface area contributed by atoms with Crippen LogP contribution in [-0.2, 0) is 4.79 Å². The molecule has 0 bridgehead atoms. The van der Waals surface area contributed by atoms with E-state index in [-0.39, 0.29) is 12.5 Å². The van der Waals surface area contributed by atoms with Crippen LogP contribution in [0.2, 0.25) is 5.02 Å². The number of piperazine rings is 1. The molecule has 4 rings (SSSR count). The fraction of sp³-hybridized carbons (Fsp3) is 0.292. The molecular formula is C24H26ClN5O2. The molecule has 8 heteroatoms. The SMILES string of the molecule is Cc1cc(OCC(=O)Nc2cccc(-c3ccc(N4CCN(C)CC4)nn3)c2)ccc1Cl. The van der Waals surface area contributed by atoms with Gasteiger partial charge >= 0.3 is 0 Å². The van der Waals surface area contributed by atoms with Crippen molar-refractivity contribution in [1.82, 2.24) is 15.1 Å². The summed E-state index contributed by atoms with van der Waals surface area (Å²) in [7, 11) is 2.13. The summed E-state index contributed by atoms with van der Waals surface area (Å²) >= 11 is 6.02. The van der Waals surface area contributed by atoms with Gasteiger partial charge in [0.05, 0.1) is 5.69 Å². The predicted molar refractivity (Wildman–Crippen MR) is 127 cm³/mol. The summed E-state index contributed by atoms with van der Waals surface area (Å²) in [6.45, 7) is 5.73. The topological polar surface area (TPSA) is 70.6 Å². The Kier molecular flexibility index (Phi) is 6.87. The van der Waals surface area contributed by atoms with E-state index in [4.69, 9.17) is 16.3 Å². The Morgan fingerprint density at radius 3 is 2.59 bits per heavy atom. The lowest BCUT2D eigenvalue weighted by molar-refractivity contribution is -0.118. The van der Waals surface area contributed by atoms with E-state index < -0.39 is 0 Å². The van der Waals surface area contributed by atoms with Gasteiger partial charge in [-0.3, -0.25) is 4.79 Å². The van der Waals surface area contributed by atoms with Crippen LogP contribution in [0, 0.1) is 6.92 Å². The zero-order valence-electron chi connectivity index (χ0n) is 18.2. The van der Waals surface area contributed by atoms with Gasteiger partial charge in [-0.05, 0) is 62.0 Å². The van der Waals surface area contributed by atoms with E-state index in [0.29, 0.717) is 16.5 Å². The van der Waals surface area contributed by atoms with Crippen LogP contribution in [0.1, 0.15) is 5.56 Å². The fourth-order valence-corrected chi connectivity index (χ4v) is 3.61. The van der Waals surface area contributed by atoms with Gasteiger partial charge in [0.15, 0.2) is 12.4 Å². The molecule has 0 unspecified atom stereocenters. The summed E-state index contributed by atoms with van der Waals surface area (Å²) in [6.07, 6.45) is 0. The Bertz CT molecular complexity index is 1080. The number of aromatic nitrogens is 2. The number of aryl methyl sites for hydroxylation is 1. The Morgan fingerprint density at radius 1 is 1.06 bits per heavy atom. The number of amides is 1. The van der Waals surface area contributed by atoms with Gasteiger partial charge in [0.25, 0.3) is 5.91 Å². The largest absolute Gasteiger partial charge is 0.484 e. The number of anilines is 2. The molecule has 1 N–H and O–H groups in total. The highest BCUT2D eigenvalue weighted by Gasteiger charge is 2.16. The van der Waals surface area contributed by atoms with Gasteiger partial charge in [0.1, 0.15) is 5.75 Å². The first kappa shape index (κ1) is 22.0. The first-order chi connectivity index (χ1) is 15.5. The highest BCUT2D eigenvalue weighted by Crippen LogP contribution is 2.23. The van der Waals surface area contributed by atoms with Crippen LogP contribution < -0.4 is 15.0 Å². The maximum absolute atomic E-state index is 12.3. The highest BCUT2D eigenvalue weighted by molar-refractivity contribution is 6.31. The predicted octanol–water partition coefficient (Wildman–Crippen LogP) is 3.87. The smallest absolute Gasteiger partial charge is 0.262 e. The average molecular weight is 452 g/mol. The third-order valence-electron chi connectivity index (χ3n) is 5.42. The highest BCUT2D eigenvalue weighted by atomic mass is 35.5. The third-order valence-corrected chi connectivity index (χ3v) is 5.84. The van der Waals surface area contributed by atoms with Crippen molar-refractivity contribution in [1.29, 1.82) is 0 Å². The van der Waals surface area contributed by atoms with Crippen LogP contribution in [0.4, 0.5) is 11.5 Å². The van der Waals surface area contributed by atoms with Crippen molar-refractivity contribution in [2.24, 2.45) is 0 Å². The van der Waals surface area contributed by atoms with Gasteiger partial charge in [-0.15, -0.1) is 10.2 Å². The minimum Gasteiger partial charge on any atom is -0.484 e. The molecule has 0 radical (unpaired) electrons. The molecule has 2 aromatic carbocycles. The Balaban J connectivity index is 1.36. The second-order valence-electron chi connectivity index (χ2n) is 7.90. The van der Waals surface area contributed by atoms with Crippen LogP contribution >= 0.6 is 11.6 Å². The number of carbonyl (C=O) groups is 1. The number of hydrogen-bond acceptors (Lipinski definition) is 6. The molecule has 0 saturated carbocycles. The number of carbonyl (C=O) groups excluding carboxylic acids is 1. The number of benzene rings is 2. The first-order valence-corrected chi connectivity index (χ1v) is 10.9. The van der Waals surface area contributed by atoms with Crippen molar-refractivity contribution in [3.05, 3.63) is 65.2 Å². The van der Waals surface area contributed by atoms with Crippen molar-refractivity contribution in [2.45, 2.75) is 6.92 Å². The fourth-order valence-electron chi connectivity index (χ4n) is 3.49. The lowest BCUT2D eigenvalue weighted by atomic mass is 10.1. The minimum absolute atomic E-state index is 0.0924. The van der Waals surface area contributed by atoms with E-state index in [9.17, 15) is 4.79 Å². The molecule has 0 atom stereocenters. The molecule has 3 aromatic rings. The van der Waals surface area contributed by atoms with Crippen molar-refractivity contribution in [2.75, 3.05) is 50.1 Å². The second-order valence-corrected chi connectivity index (χ2v) is 8.30. The summed E-state index contributed by atoms with van der Waals surface area (Å²) in [4.78, 5) is 16.9. The van der Waals surface area contributed by atoms with Crippen LogP contribution in [0.25, 0.3) is 11.3 Å². The first-order valence-electron chi connectivity index (χ1n) is 10.5. The maximum atomic E-state index is 12.3. The summed E-state index contributed by atoms with van der Waals surface area (Å²) in [6, 6.07) is 16.8. The molecule has 1 aliphatic rings. The van der Waals surface area contributed by atoms with Crippen molar-refractivity contribution in [3.63, 3.8) is 0 Å². The number of likely N-dealkylation sites (N-methyl/N-ethyl adjacent to an activating group) is 1. The molecule has 7 nitrogen and oxygen atoms in total. The van der Waals surface area contributed by atoms with E-state index >= 15 is 0 Å². The Hall–Kier alpha value is -3.16. The van der Waals surface area contributed by atoms with E-state index in [2.05, 4.69) is 32.4 Å². The number of rotatable bonds is 6. The van der Waals surface area contributed by atoms with Gasteiger partial charge < -0.3 is 19.9 Å². The molecule has 1 aliphatic heterocycles. The van der Waals surface area contributed by atoms with Gasteiger partial charge in [-0.25, -0.2) is 0 Å². The monoisotopic (exact) mass is 451 g/mol. The summed E-state index contributed by atoms with van der Waals surface area (Å²) in [5.41, 5.74) is 3.21. The van der Waals surface area contributed by atoms with Crippen LogP contribution in [-0.4, -0.2) is 60.8 Å². The van der Waals surface area contributed by atoms with Crippen molar-refractivity contribution < 1.29 is 9.53 Å². The van der Waals surface area contributed by atoms with Crippen molar-refractivity contribution in [3.8, 4) is 17.0 Å². The number of nitrogens with one attached hydrogen (secondary N) is 1. The zero-order chi connectivity index (χ0) is 22.5. The number of ether oxygens (including phenoxy) is 1. The second kappa shape index (κ2) is 9.97. The number of hydrogen-bond donors (Lipinski definition) is 1. The summed E-state index contributed by atoms with van der Waals surface area (Å²) < 4.78 is 5.57. The van der Waals surface area contributed by atoms with E-state index in [1.54, 1.807) is 18.2 Å². The molecule has 0 aliphatic carbocycles. The molecule has 1 amide bonds. The van der Waals surface area contributed by atoms with Crippen LogP contribution in [0.5, 0.6) is 5.75 Å². The van der Waals surface area contributed by atoms with Gasteiger partial charge in [-0.2, -0.15) is 0 Å². The van der Waals surface area contributed by atoms with E-state index in [1.165, 1.54) is 0 Å². The third kappa shape index (κ3) is 5.55. The molecule has 2 heterocycles. The quantitative estimate of drug-likeness (QED) is 0.613. The summed E-state index contributed by atoms with van der Waals surface area (Å²) in [5, 5.41) is 12.3. The molecule has 166 valence electrons. The van der Waals surface area contributed by atoms with Crippen LogP contribution in [0.3, 0.4) is 0 Å². The average Bonchev–Trinajstić information content (AvgIpc) is 2.81. The lowest BCUT2D eigenvalue weighted by Crippen LogP contribution is -2.44. The molecule has 0 spiro atoms. The number of halogens is 1. The van der Waals surface area contributed by atoms with Crippen LogP contribution in [0.15, 0.2) is 54.6 Å². The number of nitrogens with zero attached hydrogens (tertiary/aromatic N) is 4. The maximum Gasteiger partial charge on any atom is 0.262 e. The Labute approximate surface area is 193 Å². The minimum atomic E-state index is -0.244. The van der Waals surface area contributed by atoms with E-state index in [0.717, 1.165) is 48.8 Å². The van der Waals surface area contributed by atoms with Gasteiger partial charge in [-0.1, -0.05) is 23.7 Å².